The number of halogens is 1. The van der Waals surface area contributed by atoms with Crippen molar-refractivity contribution in [2.24, 2.45) is 10.9 Å². The number of benzene rings is 1. The van der Waals surface area contributed by atoms with Crippen molar-refractivity contribution in [3.8, 4) is 10.6 Å². The highest BCUT2D eigenvalue weighted by Crippen LogP contribution is 2.29. The number of guanidine groups is 1. The Bertz CT molecular complexity index is 731. The fourth-order valence-corrected chi connectivity index (χ4v) is 3.68. The number of ether oxygens (including phenoxy) is 1. The van der Waals surface area contributed by atoms with Gasteiger partial charge in [0.05, 0.1) is 12.2 Å². The van der Waals surface area contributed by atoms with E-state index >= 15 is 0 Å². The molecule has 154 valence electrons. The Kier molecular flexibility index (Phi) is 10.2. The van der Waals surface area contributed by atoms with Crippen LogP contribution in [0.25, 0.3) is 10.6 Å². The van der Waals surface area contributed by atoms with E-state index < -0.39 is 0 Å². The highest BCUT2D eigenvalue weighted by molar-refractivity contribution is 14.0. The van der Waals surface area contributed by atoms with E-state index in [-0.39, 0.29) is 24.0 Å². The molecule has 1 saturated carbocycles. The molecule has 3 rings (SSSR count). The third-order valence-electron chi connectivity index (χ3n) is 4.45. The van der Waals surface area contributed by atoms with Gasteiger partial charge in [-0.2, -0.15) is 0 Å². The molecule has 0 radical (unpaired) electrons. The second-order valence-corrected chi connectivity index (χ2v) is 7.97. The summed E-state index contributed by atoms with van der Waals surface area (Å²) >= 11 is 1.72. The first kappa shape index (κ1) is 23.1. The second kappa shape index (κ2) is 12.4. The third kappa shape index (κ3) is 7.67. The molecule has 1 fully saturated rings. The van der Waals surface area contributed by atoms with Crippen LogP contribution in [0.15, 0.2) is 35.3 Å². The summed E-state index contributed by atoms with van der Waals surface area (Å²) in [5.41, 5.74) is 2.23. The number of hydrogen-bond acceptors (Lipinski definition) is 4. The first-order chi connectivity index (χ1) is 13.3. The molecule has 5 nitrogen and oxygen atoms in total. The van der Waals surface area contributed by atoms with Crippen LogP contribution < -0.4 is 10.6 Å². The van der Waals surface area contributed by atoms with Crippen molar-refractivity contribution in [2.75, 3.05) is 26.3 Å². The molecule has 7 heteroatoms. The number of hydrogen-bond donors (Lipinski definition) is 2. The molecule has 1 aromatic heterocycles. The zero-order valence-electron chi connectivity index (χ0n) is 16.7. The standard InChI is InChI=1S/C21H30N4OS.HI/c1-3-22-21(23-12-7-13-26-15-17-10-11-17)24-14-19-16(2)25-20(27-19)18-8-5-4-6-9-18;/h4-6,8-9,17H,3,7,10-15H2,1-2H3,(H2,22,23,24);1H. The predicted octanol–water partition coefficient (Wildman–Crippen LogP) is 4.61. The van der Waals surface area contributed by atoms with Crippen LogP contribution in [0.3, 0.4) is 0 Å². The minimum atomic E-state index is 0. The molecule has 1 aromatic carbocycles. The fourth-order valence-electron chi connectivity index (χ4n) is 2.69. The monoisotopic (exact) mass is 514 g/mol. The summed E-state index contributed by atoms with van der Waals surface area (Å²) in [6, 6.07) is 10.3. The van der Waals surface area contributed by atoms with Crippen LogP contribution in [0.1, 0.15) is 36.8 Å². The van der Waals surface area contributed by atoms with Crippen LogP contribution in [0.5, 0.6) is 0 Å². The molecule has 0 saturated heterocycles. The number of aliphatic imine (C=N–C) groups is 1. The Labute approximate surface area is 189 Å². The average molecular weight is 514 g/mol. The van der Waals surface area contributed by atoms with Gasteiger partial charge in [0.25, 0.3) is 0 Å². The Morgan fingerprint density at radius 2 is 2.04 bits per heavy atom. The molecule has 0 amide bonds. The van der Waals surface area contributed by atoms with E-state index in [2.05, 4.69) is 36.6 Å². The summed E-state index contributed by atoms with van der Waals surface area (Å²) in [6.45, 7) is 8.25. The molecule has 1 aliphatic carbocycles. The van der Waals surface area contributed by atoms with E-state index in [0.717, 1.165) is 60.9 Å². The van der Waals surface area contributed by atoms with E-state index in [1.165, 1.54) is 17.7 Å². The lowest BCUT2D eigenvalue weighted by Crippen LogP contribution is -2.38. The van der Waals surface area contributed by atoms with Gasteiger partial charge in [0.1, 0.15) is 5.01 Å². The normalized spacial score (nSPS) is 13.9. The highest BCUT2D eigenvalue weighted by Gasteiger charge is 2.20. The maximum atomic E-state index is 5.68. The van der Waals surface area contributed by atoms with Crippen molar-refractivity contribution >= 4 is 41.3 Å². The number of aromatic nitrogens is 1. The predicted molar refractivity (Wildman–Crippen MR) is 129 cm³/mol. The van der Waals surface area contributed by atoms with Crippen LogP contribution >= 0.6 is 35.3 Å². The number of thiazole rings is 1. The van der Waals surface area contributed by atoms with E-state index in [0.29, 0.717) is 6.54 Å². The van der Waals surface area contributed by atoms with E-state index in [9.17, 15) is 0 Å². The van der Waals surface area contributed by atoms with Gasteiger partial charge in [-0.05, 0) is 39.0 Å². The van der Waals surface area contributed by atoms with E-state index in [1.807, 2.05) is 18.2 Å². The topological polar surface area (TPSA) is 58.5 Å². The van der Waals surface area contributed by atoms with Gasteiger partial charge in [-0.3, -0.25) is 0 Å². The lowest BCUT2D eigenvalue weighted by Gasteiger charge is -2.11. The molecule has 0 unspecified atom stereocenters. The van der Waals surface area contributed by atoms with E-state index in [1.54, 1.807) is 11.3 Å². The van der Waals surface area contributed by atoms with Crippen LogP contribution in [-0.2, 0) is 11.3 Å². The van der Waals surface area contributed by atoms with Crippen molar-refractivity contribution in [1.82, 2.24) is 15.6 Å². The Morgan fingerprint density at radius 3 is 2.75 bits per heavy atom. The molecule has 2 aromatic rings. The molecule has 2 N–H and O–H groups in total. The van der Waals surface area contributed by atoms with E-state index in [4.69, 9.17) is 14.7 Å². The van der Waals surface area contributed by atoms with Gasteiger partial charge in [-0.15, -0.1) is 35.3 Å². The maximum absolute atomic E-state index is 5.68. The van der Waals surface area contributed by atoms with Crippen molar-refractivity contribution in [2.45, 2.75) is 39.7 Å². The van der Waals surface area contributed by atoms with Crippen LogP contribution in [0.2, 0.25) is 0 Å². The quantitative estimate of drug-likeness (QED) is 0.211. The number of nitrogens with one attached hydrogen (secondary N) is 2. The van der Waals surface area contributed by atoms with Crippen molar-refractivity contribution < 1.29 is 4.74 Å². The lowest BCUT2D eigenvalue weighted by molar-refractivity contribution is 0.123. The number of nitrogens with zero attached hydrogens (tertiary/aromatic N) is 2. The molecule has 0 aliphatic heterocycles. The number of aryl methyl sites for hydroxylation is 1. The minimum Gasteiger partial charge on any atom is -0.381 e. The smallest absolute Gasteiger partial charge is 0.191 e. The molecule has 0 spiro atoms. The zero-order chi connectivity index (χ0) is 18.9. The third-order valence-corrected chi connectivity index (χ3v) is 5.64. The highest BCUT2D eigenvalue weighted by atomic mass is 127. The lowest BCUT2D eigenvalue weighted by atomic mass is 10.2. The fraction of sp³-hybridized carbons (Fsp3) is 0.524. The summed E-state index contributed by atoms with van der Waals surface area (Å²) in [7, 11) is 0. The van der Waals surface area contributed by atoms with Gasteiger partial charge < -0.3 is 15.4 Å². The maximum Gasteiger partial charge on any atom is 0.191 e. The molecule has 0 atom stereocenters. The van der Waals surface area contributed by atoms with Crippen molar-refractivity contribution in [1.29, 1.82) is 0 Å². The van der Waals surface area contributed by atoms with Crippen LogP contribution in [-0.4, -0.2) is 37.2 Å². The largest absolute Gasteiger partial charge is 0.381 e. The Hall–Kier alpha value is -1.19. The van der Waals surface area contributed by atoms with Gasteiger partial charge in [0, 0.05) is 36.7 Å². The summed E-state index contributed by atoms with van der Waals surface area (Å²) in [5.74, 6) is 1.69. The molecule has 1 heterocycles. The van der Waals surface area contributed by atoms with Gasteiger partial charge >= 0.3 is 0 Å². The zero-order valence-corrected chi connectivity index (χ0v) is 19.9. The minimum absolute atomic E-state index is 0. The Morgan fingerprint density at radius 1 is 1.25 bits per heavy atom. The first-order valence-corrected chi connectivity index (χ1v) is 10.7. The summed E-state index contributed by atoms with van der Waals surface area (Å²) in [5, 5.41) is 7.77. The second-order valence-electron chi connectivity index (χ2n) is 6.89. The summed E-state index contributed by atoms with van der Waals surface area (Å²) in [6.07, 6.45) is 3.69. The van der Waals surface area contributed by atoms with Gasteiger partial charge in [-0.25, -0.2) is 9.98 Å². The van der Waals surface area contributed by atoms with Crippen LogP contribution in [0, 0.1) is 12.8 Å². The van der Waals surface area contributed by atoms with Gasteiger partial charge in [0.2, 0.25) is 0 Å². The average Bonchev–Trinajstić information content (AvgIpc) is 3.44. The van der Waals surface area contributed by atoms with Crippen LogP contribution in [0.4, 0.5) is 0 Å². The molecule has 28 heavy (non-hydrogen) atoms. The number of rotatable bonds is 10. The van der Waals surface area contributed by atoms with Gasteiger partial charge in [-0.1, -0.05) is 30.3 Å². The van der Waals surface area contributed by atoms with Gasteiger partial charge in [0.15, 0.2) is 5.96 Å². The molecular weight excluding hydrogens is 483 g/mol. The Balaban J connectivity index is 0.00000280. The van der Waals surface area contributed by atoms with Crippen molar-refractivity contribution in [3.05, 3.63) is 40.9 Å². The summed E-state index contributed by atoms with van der Waals surface area (Å²) < 4.78 is 5.68. The van der Waals surface area contributed by atoms with Crippen molar-refractivity contribution in [3.63, 3.8) is 0 Å². The molecular formula is C21H31IN4OS. The SMILES string of the molecule is CCNC(=NCc1sc(-c2ccccc2)nc1C)NCCCOCC1CC1.I. The first-order valence-electron chi connectivity index (χ1n) is 9.88. The molecule has 0 bridgehead atoms. The summed E-state index contributed by atoms with van der Waals surface area (Å²) in [4.78, 5) is 10.7. The molecule has 1 aliphatic rings.